The van der Waals surface area contributed by atoms with E-state index in [-0.39, 0.29) is 5.82 Å². The summed E-state index contributed by atoms with van der Waals surface area (Å²) in [6.07, 6.45) is 0. The number of nitrogens with two attached hydrogens (primary N) is 1. The fraction of sp³-hybridized carbons (Fsp3) is 0. The van der Waals surface area contributed by atoms with Gasteiger partial charge in [-0.15, -0.1) is 0 Å². The molecule has 3 aromatic rings. The van der Waals surface area contributed by atoms with E-state index in [9.17, 15) is 4.39 Å². The summed E-state index contributed by atoms with van der Waals surface area (Å²) in [5, 5.41) is 4.94. The fourth-order valence-electron chi connectivity index (χ4n) is 2.00. The zero-order valence-corrected chi connectivity index (χ0v) is 11.2. The number of benzene rings is 2. The lowest BCUT2D eigenvalue weighted by Gasteiger charge is -2.05. The second-order valence-electron chi connectivity index (χ2n) is 4.33. The van der Waals surface area contributed by atoms with Crippen LogP contribution in [0, 0.1) is 5.82 Å². The van der Waals surface area contributed by atoms with Crippen molar-refractivity contribution in [3.05, 3.63) is 65.4 Å². The van der Waals surface area contributed by atoms with E-state index in [2.05, 4.69) is 5.10 Å². The van der Waals surface area contributed by atoms with E-state index in [0.29, 0.717) is 27.8 Å². The Labute approximate surface area is 120 Å². The second-order valence-corrected chi connectivity index (χ2v) is 4.74. The molecule has 5 heteroatoms. The lowest BCUT2D eigenvalue weighted by atomic mass is 10.1. The van der Waals surface area contributed by atoms with Gasteiger partial charge >= 0.3 is 0 Å². The van der Waals surface area contributed by atoms with Gasteiger partial charge in [0.1, 0.15) is 11.6 Å². The van der Waals surface area contributed by atoms with Crippen LogP contribution in [0.1, 0.15) is 0 Å². The molecule has 0 unspecified atom stereocenters. The Morgan fingerprint density at radius 2 is 1.85 bits per heavy atom. The van der Waals surface area contributed by atoms with Gasteiger partial charge in [0.25, 0.3) is 0 Å². The van der Waals surface area contributed by atoms with E-state index in [1.165, 1.54) is 12.1 Å². The van der Waals surface area contributed by atoms with Crippen molar-refractivity contribution in [2.75, 3.05) is 5.73 Å². The monoisotopic (exact) mass is 287 g/mol. The van der Waals surface area contributed by atoms with Crippen LogP contribution in [0.25, 0.3) is 16.9 Å². The predicted octanol–water partition coefficient (Wildman–Crippen LogP) is 3.91. The summed E-state index contributed by atoms with van der Waals surface area (Å²) in [5.41, 5.74) is 7.92. The van der Waals surface area contributed by atoms with Crippen LogP contribution in [0.3, 0.4) is 0 Å². The number of rotatable bonds is 2. The van der Waals surface area contributed by atoms with Gasteiger partial charge < -0.3 is 5.73 Å². The molecule has 0 saturated heterocycles. The molecule has 0 fully saturated rings. The largest absolute Gasteiger partial charge is 0.384 e. The minimum atomic E-state index is -0.312. The molecular weight excluding hydrogens is 277 g/mol. The van der Waals surface area contributed by atoms with Crippen LogP contribution in [-0.2, 0) is 0 Å². The van der Waals surface area contributed by atoms with Crippen LogP contribution in [0.5, 0.6) is 0 Å². The highest BCUT2D eigenvalue weighted by Gasteiger charge is 2.11. The molecule has 1 heterocycles. The van der Waals surface area contributed by atoms with Crippen LogP contribution < -0.4 is 5.73 Å². The topological polar surface area (TPSA) is 43.8 Å². The minimum Gasteiger partial charge on any atom is -0.384 e. The number of para-hydroxylation sites is 1. The third kappa shape index (κ3) is 2.26. The number of hydrogen-bond donors (Lipinski definition) is 1. The third-order valence-corrected chi connectivity index (χ3v) is 3.26. The molecule has 0 radical (unpaired) electrons. The SMILES string of the molecule is Nc1cc(-c2cccc(F)c2)nn1-c1ccccc1Cl. The van der Waals surface area contributed by atoms with Crippen molar-refractivity contribution >= 4 is 17.4 Å². The summed E-state index contributed by atoms with van der Waals surface area (Å²) in [7, 11) is 0. The van der Waals surface area contributed by atoms with Crippen LogP contribution >= 0.6 is 11.6 Å². The van der Waals surface area contributed by atoms with Crippen molar-refractivity contribution in [3.8, 4) is 16.9 Å². The zero-order chi connectivity index (χ0) is 14.1. The van der Waals surface area contributed by atoms with Crippen LogP contribution in [0.15, 0.2) is 54.6 Å². The molecule has 2 aromatic carbocycles. The molecule has 0 aliphatic rings. The fourth-order valence-corrected chi connectivity index (χ4v) is 2.22. The van der Waals surface area contributed by atoms with Crippen molar-refractivity contribution in [2.24, 2.45) is 0 Å². The Balaban J connectivity index is 2.10. The van der Waals surface area contributed by atoms with Gasteiger partial charge in [0, 0.05) is 11.6 Å². The molecule has 3 rings (SSSR count). The molecule has 3 nitrogen and oxygen atoms in total. The molecule has 2 N–H and O–H groups in total. The number of halogens is 2. The Bertz CT molecular complexity index is 767. The van der Waals surface area contributed by atoms with Crippen molar-refractivity contribution in [1.29, 1.82) is 0 Å². The standard InChI is InChI=1S/C15H11ClFN3/c16-12-6-1-2-7-14(12)20-15(18)9-13(19-20)10-4-3-5-11(17)8-10/h1-9H,18H2. The van der Waals surface area contributed by atoms with Crippen molar-refractivity contribution in [3.63, 3.8) is 0 Å². The highest BCUT2D eigenvalue weighted by atomic mass is 35.5. The summed E-state index contributed by atoms with van der Waals surface area (Å²) >= 11 is 6.13. The molecule has 0 bridgehead atoms. The second kappa shape index (κ2) is 4.98. The van der Waals surface area contributed by atoms with E-state index in [1.54, 1.807) is 28.9 Å². The van der Waals surface area contributed by atoms with Crippen LogP contribution in [0.4, 0.5) is 10.2 Å². The first-order valence-corrected chi connectivity index (χ1v) is 6.39. The van der Waals surface area contributed by atoms with E-state index < -0.39 is 0 Å². The zero-order valence-electron chi connectivity index (χ0n) is 10.4. The summed E-state index contributed by atoms with van der Waals surface area (Å²) in [6.45, 7) is 0. The van der Waals surface area contributed by atoms with Gasteiger partial charge in [-0.3, -0.25) is 0 Å². The highest BCUT2D eigenvalue weighted by molar-refractivity contribution is 6.32. The first kappa shape index (κ1) is 12.7. The number of aromatic nitrogens is 2. The Kier molecular flexibility index (Phi) is 3.16. The first-order valence-electron chi connectivity index (χ1n) is 6.01. The van der Waals surface area contributed by atoms with Gasteiger partial charge in [0.2, 0.25) is 0 Å². The lowest BCUT2D eigenvalue weighted by Crippen LogP contribution is -2.02. The van der Waals surface area contributed by atoms with E-state index in [4.69, 9.17) is 17.3 Å². The molecular formula is C15H11ClFN3. The molecule has 1 aromatic heterocycles. The average Bonchev–Trinajstić information content (AvgIpc) is 2.81. The summed E-state index contributed by atoms with van der Waals surface area (Å²) in [6, 6.07) is 15.2. The molecule has 20 heavy (non-hydrogen) atoms. The van der Waals surface area contributed by atoms with E-state index in [0.717, 1.165) is 0 Å². The van der Waals surface area contributed by atoms with Crippen LogP contribution in [-0.4, -0.2) is 9.78 Å². The maximum atomic E-state index is 13.3. The maximum absolute atomic E-state index is 13.3. The van der Waals surface area contributed by atoms with Gasteiger partial charge in [0.15, 0.2) is 0 Å². The average molecular weight is 288 g/mol. The number of hydrogen-bond acceptors (Lipinski definition) is 2. The third-order valence-electron chi connectivity index (χ3n) is 2.94. The number of anilines is 1. The molecule has 0 aliphatic carbocycles. The van der Waals surface area contributed by atoms with Crippen molar-refractivity contribution in [1.82, 2.24) is 9.78 Å². The molecule has 0 aliphatic heterocycles. The Morgan fingerprint density at radius 1 is 1.05 bits per heavy atom. The van der Waals surface area contributed by atoms with Gasteiger partial charge in [-0.2, -0.15) is 5.10 Å². The van der Waals surface area contributed by atoms with E-state index >= 15 is 0 Å². The van der Waals surface area contributed by atoms with Gasteiger partial charge in [-0.1, -0.05) is 35.9 Å². The molecule has 0 atom stereocenters. The molecule has 0 spiro atoms. The van der Waals surface area contributed by atoms with Gasteiger partial charge in [-0.25, -0.2) is 9.07 Å². The quantitative estimate of drug-likeness (QED) is 0.776. The van der Waals surface area contributed by atoms with Crippen molar-refractivity contribution < 1.29 is 4.39 Å². The first-order chi connectivity index (χ1) is 9.65. The molecule has 0 amide bonds. The summed E-state index contributed by atoms with van der Waals surface area (Å²) in [5.74, 6) is 0.130. The molecule has 100 valence electrons. The van der Waals surface area contributed by atoms with Gasteiger partial charge in [-0.05, 0) is 24.3 Å². The minimum absolute atomic E-state index is 0.312. The number of nitrogens with zero attached hydrogens (tertiary/aromatic N) is 2. The lowest BCUT2D eigenvalue weighted by molar-refractivity contribution is 0.628. The van der Waals surface area contributed by atoms with Crippen molar-refractivity contribution in [2.45, 2.75) is 0 Å². The molecule has 0 saturated carbocycles. The predicted molar refractivity (Wildman–Crippen MR) is 78.4 cm³/mol. The smallest absolute Gasteiger partial charge is 0.127 e. The van der Waals surface area contributed by atoms with Crippen LogP contribution in [0.2, 0.25) is 5.02 Å². The highest BCUT2D eigenvalue weighted by Crippen LogP contribution is 2.26. The Hall–Kier alpha value is -2.33. The summed E-state index contributed by atoms with van der Waals surface area (Å²) < 4.78 is 14.8. The normalized spacial score (nSPS) is 10.7. The maximum Gasteiger partial charge on any atom is 0.127 e. The van der Waals surface area contributed by atoms with E-state index in [1.807, 2.05) is 18.2 Å². The Morgan fingerprint density at radius 3 is 2.60 bits per heavy atom. The summed E-state index contributed by atoms with van der Waals surface area (Å²) in [4.78, 5) is 0. The number of nitrogen functional groups attached to an aromatic ring is 1. The van der Waals surface area contributed by atoms with Gasteiger partial charge in [0.05, 0.1) is 16.4 Å².